The van der Waals surface area contributed by atoms with Crippen LogP contribution in [0.1, 0.15) is 5.56 Å². The van der Waals surface area contributed by atoms with Gasteiger partial charge in [0, 0.05) is 16.7 Å². The first-order valence-corrected chi connectivity index (χ1v) is 8.26. The minimum Gasteiger partial charge on any atom is -0.482 e. The Balaban J connectivity index is 1.60. The number of carbonyl (C=O) groups is 1. The Kier molecular flexibility index (Phi) is 5.53. The summed E-state index contributed by atoms with van der Waals surface area (Å²) in [7, 11) is 0. The number of hydrazone groups is 1. The highest BCUT2D eigenvalue weighted by molar-refractivity contribution is 6.34. The van der Waals surface area contributed by atoms with E-state index in [1.165, 1.54) is 0 Å². The molecular weight excluding hydrogens is 359 g/mol. The Hall–Kier alpha value is -2.56. The van der Waals surface area contributed by atoms with Gasteiger partial charge in [0.1, 0.15) is 5.75 Å². The fourth-order valence-corrected chi connectivity index (χ4v) is 2.63. The predicted octanol–water partition coefficient (Wildman–Crippen LogP) is 4.68. The van der Waals surface area contributed by atoms with Crippen LogP contribution in [0, 0.1) is 0 Å². The van der Waals surface area contributed by atoms with Crippen molar-refractivity contribution in [2.24, 2.45) is 5.10 Å². The lowest BCUT2D eigenvalue weighted by molar-refractivity contribution is -0.123. The molecule has 0 aromatic heterocycles. The molecule has 6 heteroatoms. The first-order chi connectivity index (χ1) is 12.1. The molecule has 0 aliphatic carbocycles. The summed E-state index contributed by atoms with van der Waals surface area (Å²) in [5, 5.41) is 7.01. The molecule has 1 amide bonds. The smallest absolute Gasteiger partial charge is 0.277 e. The highest BCUT2D eigenvalue weighted by atomic mass is 35.5. The zero-order valence-electron chi connectivity index (χ0n) is 13.1. The van der Waals surface area contributed by atoms with Gasteiger partial charge in [0.05, 0.1) is 11.2 Å². The van der Waals surface area contributed by atoms with E-state index in [-0.39, 0.29) is 6.61 Å². The van der Waals surface area contributed by atoms with E-state index in [4.69, 9.17) is 27.9 Å². The largest absolute Gasteiger partial charge is 0.482 e. The molecule has 25 heavy (non-hydrogen) atoms. The summed E-state index contributed by atoms with van der Waals surface area (Å²) in [4.78, 5) is 11.8. The molecule has 1 N–H and O–H groups in total. The lowest BCUT2D eigenvalue weighted by atomic mass is 10.1. The summed E-state index contributed by atoms with van der Waals surface area (Å²) in [5.74, 6) is -0.0464. The highest BCUT2D eigenvalue weighted by Gasteiger charge is 2.06. The van der Waals surface area contributed by atoms with E-state index < -0.39 is 5.91 Å². The molecule has 3 aromatic rings. The number of rotatable bonds is 5. The van der Waals surface area contributed by atoms with Gasteiger partial charge >= 0.3 is 0 Å². The van der Waals surface area contributed by atoms with Crippen LogP contribution in [0.5, 0.6) is 5.75 Å². The summed E-state index contributed by atoms with van der Waals surface area (Å²) in [6.45, 7) is -0.215. The Bertz CT molecular complexity index is 936. The second-order valence-corrected chi connectivity index (χ2v) is 6.07. The molecule has 0 spiro atoms. The maximum absolute atomic E-state index is 11.8. The highest BCUT2D eigenvalue weighted by Crippen LogP contribution is 2.27. The Morgan fingerprint density at radius 1 is 1.08 bits per heavy atom. The topological polar surface area (TPSA) is 50.7 Å². The van der Waals surface area contributed by atoms with Gasteiger partial charge < -0.3 is 4.74 Å². The molecule has 0 unspecified atom stereocenters. The molecule has 3 aromatic carbocycles. The molecule has 0 saturated carbocycles. The third kappa shape index (κ3) is 4.50. The van der Waals surface area contributed by atoms with Crippen LogP contribution in [0.4, 0.5) is 0 Å². The number of fused-ring (bicyclic) bond motifs is 1. The Morgan fingerprint density at radius 2 is 1.88 bits per heavy atom. The average Bonchev–Trinajstić information content (AvgIpc) is 2.62. The summed E-state index contributed by atoms with van der Waals surface area (Å²) in [6, 6.07) is 18.7. The summed E-state index contributed by atoms with van der Waals surface area (Å²) in [6.07, 6.45) is 1.60. The van der Waals surface area contributed by atoms with Crippen molar-refractivity contribution in [3.63, 3.8) is 0 Å². The van der Waals surface area contributed by atoms with Crippen LogP contribution in [-0.4, -0.2) is 18.7 Å². The SMILES string of the molecule is O=C(COc1cc(Cl)ccc1Cl)N/N=C/c1cccc2ccccc12. The molecular formula is C19H14Cl2N2O2. The van der Waals surface area contributed by atoms with E-state index in [2.05, 4.69) is 10.5 Å². The van der Waals surface area contributed by atoms with Gasteiger partial charge in [-0.25, -0.2) is 5.43 Å². The van der Waals surface area contributed by atoms with Crippen LogP contribution in [0.3, 0.4) is 0 Å². The molecule has 0 bridgehead atoms. The van der Waals surface area contributed by atoms with Gasteiger partial charge in [-0.05, 0) is 22.9 Å². The minimum atomic E-state index is -0.396. The first kappa shape index (κ1) is 17.3. The van der Waals surface area contributed by atoms with Crippen LogP contribution in [0.2, 0.25) is 10.0 Å². The average molecular weight is 373 g/mol. The summed E-state index contributed by atoms with van der Waals surface area (Å²) >= 11 is 11.8. The van der Waals surface area contributed by atoms with Crippen LogP contribution in [-0.2, 0) is 4.79 Å². The maximum atomic E-state index is 11.8. The monoisotopic (exact) mass is 372 g/mol. The van der Waals surface area contributed by atoms with Gasteiger partial charge in [0.2, 0.25) is 0 Å². The van der Waals surface area contributed by atoms with E-state index in [1.54, 1.807) is 24.4 Å². The zero-order chi connectivity index (χ0) is 17.6. The Labute approximate surface area is 155 Å². The number of nitrogens with one attached hydrogen (secondary N) is 1. The van der Waals surface area contributed by atoms with Crippen molar-refractivity contribution < 1.29 is 9.53 Å². The lowest BCUT2D eigenvalue weighted by Crippen LogP contribution is -2.24. The number of carbonyl (C=O) groups excluding carboxylic acids is 1. The standard InChI is InChI=1S/C19H14Cl2N2O2/c20-15-8-9-17(21)18(10-15)25-12-19(24)23-22-11-14-6-3-5-13-4-1-2-7-16(13)14/h1-11H,12H2,(H,23,24)/b22-11+. The fourth-order valence-electron chi connectivity index (χ4n) is 2.30. The van der Waals surface area contributed by atoms with Crippen LogP contribution >= 0.6 is 23.2 Å². The third-order valence-electron chi connectivity index (χ3n) is 3.47. The molecule has 0 atom stereocenters. The van der Waals surface area contributed by atoms with E-state index in [0.29, 0.717) is 15.8 Å². The molecule has 3 rings (SSSR count). The number of amides is 1. The molecule has 0 heterocycles. The van der Waals surface area contributed by atoms with Crippen molar-refractivity contribution in [1.29, 1.82) is 0 Å². The second-order valence-electron chi connectivity index (χ2n) is 5.22. The number of nitrogens with zero attached hydrogens (tertiary/aromatic N) is 1. The van der Waals surface area contributed by atoms with Crippen molar-refractivity contribution >= 4 is 46.1 Å². The van der Waals surface area contributed by atoms with Crippen molar-refractivity contribution in [3.8, 4) is 5.75 Å². The molecule has 0 radical (unpaired) electrons. The normalized spacial score (nSPS) is 11.0. The fraction of sp³-hybridized carbons (Fsp3) is 0.0526. The van der Waals surface area contributed by atoms with Crippen LogP contribution in [0.25, 0.3) is 10.8 Å². The number of hydrogen-bond acceptors (Lipinski definition) is 3. The minimum absolute atomic E-state index is 0.215. The van der Waals surface area contributed by atoms with Crippen LogP contribution in [0.15, 0.2) is 65.8 Å². The first-order valence-electron chi connectivity index (χ1n) is 7.51. The van der Waals surface area contributed by atoms with Gasteiger partial charge in [0.15, 0.2) is 6.61 Å². The maximum Gasteiger partial charge on any atom is 0.277 e. The summed E-state index contributed by atoms with van der Waals surface area (Å²) in [5.41, 5.74) is 3.34. The van der Waals surface area contributed by atoms with E-state index in [9.17, 15) is 4.79 Å². The van der Waals surface area contributed by atoms with Gasteiger partial charge in [-0.3, -0.25) is 4.79 Å². The quantitative estimate of drug-likeness (QED) is 0.522. The van der Waals surface area contributed by atoms with Gasteiger partial charge in [-0.2, -0.15) is 5.10 Å². The summed E-state index contributed by atoms with van der Waals surface area (Å²) < 4.78 is 5.35. The van der Waals surface area contributed by atoms with Crippen molar-refractivity contribution in [1.82, 2.24) is 5.43 Å². The number of halogens is 2. The van der Waals surface area contributed by atoms with Crippen LogP contribution < -0.4 is 10.2 Å². The molecule has 126 valence electrons. The van der Waals surface area contributed by atoms with E-state index in [0.717, 1.165) is 16.3 Å². The van der Waals surface area contributed by atoms with Crippen molar-refractivity contribution in [3.05, 3.63) is 76.3 Å². The molecule has 0 fully saturated rings. The van der Waals surface area contributed by atoms with E-state index in [1.807, 2.05) is 42.5 Å². The number of benzene rings is 3. The molecule has 4 nitrogen and oxygen atoms in total. The lowest BCUT2D eigenvalue weighted by Gasteiger charge is -2.07. The van der Waals surface area contributed by atoms with Crippen molar-refractivity contribution in [2.45, 2.75) is 0 Å². The Morgan fingerprint density at radius 3 is 2.76 bits per heavy atom. The van der Waals surface area contributed by atoms with Gasteiger partial charge in [0.25, 0.3) is 5.91 Å². The molecule has 0 aliphatic rings. The predicted molar refractivity (Wildman–Crippen MR) is 102 cm³/mol. The van der Waals surface area contributed by atoms with Gasteiger partial charge in [-0.15, -0.1) is 0 Å². The number of ether oxygens (including phenoxy) is 1. The number of hydrogen-bond donors (Lipinski definition) is 1. The molecule has 0 aliphatic heterocycles. The molecule has 0 saturated heterocycles. The third-order valence-corrected chi connectivity index (χ3v) is 4.02. The van der Waals surface area contributed by atoms with E-state index >= 15 is 0 Å². The van der Waals surface area contributed by atoms with Crippen molar-refractivity contribution in [2.75, 3.05) is 6.61 Å². The second kappa shape index (κ2) is 8.01. The zero-order valence-corrected chi connectivity index (χ0v) is 14.6. The van der Waals surface area contributed by atoms with Gasteiger partial charge in [-0.1, -0.05) is 65.7 Å².